The molecule has 0 radical (unpaired) electrons. The number of thiazole rings is 1. The Morgan fingerprint density at radius 1 is 1.03 bits per heavy atom. The number of hydrogen-bond donors (Lipinski definition) is 1. The van der Waals surface area contributed by atoms with Gasteiger partial charge in [0.2, 0.25) is 0 Å². The van der Waals surface area contributed by atoms with Gasteiger partial charge in [0.1, 0.15) is 5.01 Å². The third kappa shape index (κ3) is 5.74. The summed E-state index contributed by atoms with van der Waals surface area (Å²) in [5, 5.41) is 3.27. The molecule has 4 rings (SSSR count). The fraction of sp³-hybridized carbons (Fsp3) is 0.120. The number of amides is 1. The number of benzene rings is 3. The van der Waals surface area contributed by atoms with Crippen LogP contribution in [0.2, 0.25) is 0 Å². The lowest BCUT2D eigenvalue weighted by atomic mass is 10.2. The molecule has 1 amide bonds. The second kappa shape index (κ2) is 9.96. The van der Waals surface area contributed by atoms with Gasteiger partial charge in [-0.1, -0.05) is 30.3 Å². The van der Waals surface area contributed by atoms with E-state index in [9.17, 15) is 18.0 Å². The maximum absolute atomic E-state index is 12.8. The number of carbonyl (C=O) groups excluding carboxylic acids is 1. The Morgan fingerprint density at radius 3 is 2.62 bits per heavy atom. The summed E-state index contributed by atoms with van der Waals surface area (Å²) < 4.78 is 50.5. The van der Waals surface area contributed by atoms with Gasteiger partial charge in [-0.3, -0.25) is 4.79 Å². The van der Waals surface area contributed by atoms with Gasteiger partial charge in [0.05, 0.1) is 22.9 Å². The van der Waals surface area contributed by atoms with Crippen LogP contribution in [-0.2, 0) is 11.0 Å². The van der Waals surface area contributed by atoms with Crippen LogP contribution in [0.25, 0.3) is 22.4 Å². The second-order valence-electron chi connectivity index (χ2n) is 7.18. The normalized spacial score (nSPS) is 11.6. The molecule has 34 heavy (non-hydrogen) atoms. The molecular formula is C25H19F3N2O3S. The van der Waals surface area contributed by atoms with Crippen LogP contribution in [0.4, 0.5) is 18.9 Å². The molecule has 174 valence electrons. The topological polar surface area (TPSA) is 60.5 Å². The number of rotatable bonds is 7. The largest absolute Gasteiger partial charge is 0.493 e. The van der Waals surface area contributed by atoms with E-state index in [1.54, 1.807) is 29.5 Å². The van der Waals surface area contributed by atoms with Crippen molar-refractivity contribution in [3.8, 4) is 11.5 Å². The Labute approximate surface area is 197 Å². The van der Waals surface area contributed by atoms with Gasteiger partial charge < -0.3 is 14.8 Å². The number of halogens is 3. The molecule has 0 spiro atoms. The van der Waals surface area contributed by atoms with Crippen molar-refractivity contribution in [2.75, 3.05) is 19.0 Å². The van der Waals surface area contributed by atoms with Crippen LogP contribution in [0.5, 0.6) is 11.5 Å². The zero-order valence-electron chi connectivity index (χ0n) is 17.9. The highest BCUT2D eigenvalue weighted by Gasteiger charge is 2.30. The highest BCUT2D eigenvalue weighted by Crippen LogP contribution is 2.31. The van der Waals surface area contributed by atoms with Gasteiger partial charge in [0, 0.05) is 5.69 Å². The minimum atomic E-state index is -4.49. The molecule has 0 bridgehead atoms. The minimum Gasteiger partial charge on any atom is -0.493 e. The number of methoxy groups -OCH3 is 1. The standard InChI is InChI=1S/C25H19F3N2O3S/c1-32-21-13-16(10-12-24-30-19-7-2-3-8-22(19)34-24)9-11-20(21)33-15-23(31)29-18-6-4-5-17(14-18)25(26,27)28/h2-14H,15H2,1H3,(H,29,31). The van der Waals surface area contributed by atoms with Crippen LogP contribution in [0.3, 0.4) is 0 Å². The molecule has 1 aromatic heterocycles. The number of aromatic nitrogens is 1. The molecule has 0 fully saturated rings. The average molecular weight is 484 g/mol. The van der Waals surface area contributed by atoms with Crippen molar-refractivity contribution in [2.24, 2.45) is 0 Å². The summed E-state index contributed by atoms with van der Waals surface area (Å²) in [6.07, 6.45) is -0.694. The Kier molecular flexibility index (Phi) is 6.83. The number of anilines is 1. The number of para-hydroxylation sites is 1. The van der Waals surface area contributed by atoms with Crippen LogP contribution >= 0.6 is 11.3 Å². The first-order valence-electron chi connectivity index (χ1n) is 10.1. The molecule has 0 unspecified atom stereocenters. The third-order valence-electron chi connectivity index (χ3n) is 4.75. The summed E-state index contributed by atoms with van der Waals surface area (Å²) >= 11 is 1.58. The predicted octanol–water partition coefficient (Wildman–Crippen LogP) is 6.51. The van der Waals surface area contributed by atoms with Gasteiger partial charge in [0.15, 0.2) is 18.1 Å². The van der Waals surface area contributed by atoms with Gasteiger partial charge in [-0.05, 0) is 54.1 Å². The van der Waals surface area contributed by atoms with Crippen molar-refractivity contribution in [1.82, 2.24) is 4.98 Å². The number of carbonyl (C=O) groups is 1. The van der Waals surface area contributed by atoms with E-state index >= 15 is 0 Å². The molecule has 1 heterocycles. The average Bonchev–Trinajstić information content (AvgIpc) is 3.24. The minimum absolute atomic E-state index is 0.0331. The quantitative estimate of drug-likeness (QED) is 0.325. The predicted molar refractivity (Wildman–Crippen MR) is 127 cm³/mol. The van der Waals surface area contributed by atoms with Crippen LogP contribution < -0.4 is 14.8 Å². The molecule has 0 atom stereocenters. The summed E-state index contributed by atoms with van der Waals surface area (Å²) in [7, 11) is 1.48. The molecule has 0 saturated heterocycles. The van der Waals surface area contributed by atoms with Crippen LogP contribution in [0, 0.1) is 0 Å². The number of nitrogens with one attached hydrogen (secondary N) is 1. The summed E-state index contributed by atoms with van der Waals surface area (Å²) in [4.78, 5) is 16.7. The van der Waals surface area contributed by atoms with Crippen LogP contribution in [0.1, 0.15) is 16.1 Å². The fourth-order valence-electron chi connectivity index (χ4n) is 3.15. The zero-order valence-corrected chi connectivity index (χ0v) is 18.7. The summed E-state index contributed by atoms with van der Waals surface area (Å²) in [5.74, 6) is 0.151. The van der Waals surface area contributed by atoms with Gasteiger partial charge in [-0.25, -0.2) is 4.98 Å². The molecule has 4 aromatic rings. The molecule has 9 heteroatoms. The monoisotopic (exact) mass is 484 g/mol. The van der Waals surface area contributed by atoms with E-state index in [-0.39, 0.29) is 5.69 Å². The zero-order chi connectivity index (χ0) is 24.1. The van der Waals surface area contributed by atoms with Crippen molar-refractivity contribution in [1.29, 1.82) is 0 Å². The molecular weight excluding hydrogens is 465 g/mol. The molecule has 0 aliphatic heterocycles. The van der Waals surface area contributed by atoms with E-state index in [4.69, 9.17) is 9.47 Å². The van der Waals surface area contributed by atoms with Crippen molar-refractivity contribution in [3.05, 3.63) is 82.9 Å². The number of fused-ring (bicyclic) bond motifs is 1. The van der Waals surface area contributed by atoms with Gasteiger partial charge in [0.25, 0.3) is 5.91 Å². The number of nitrogens with zero attached hydrogens (tertiary/aromatic N) is 1. The van der Waals surface area contributed by atoms with Crippen molar-refractivity contribution >= 4 is 45.3 Å². The van der Waals surface area contributed by atoms with Gasteiger partial charge in [-0.2, -0.15) is 13.2 Å². The van der Waals surface area contributed by atoms with Gasteiger partial charge in [-0.15, -0.1) is 11.3 Å². The Balaban J connectivity index is 1.39. The number of ether oxygens (including phenoxy) is 2. The molecule has 0 aliphatic carbocycles. The highest BCUT2D eigenvalue weighted by molar-refractivity contribution is 7.19. The van der Waals surface area contributed by atoms with E-state index in [1.165, 1.54) is 19.2 Å². The molecule has 3 aromatic carbocycles. The van der Waals surface area contributed by atoms with E-state index in [0.29, 0.717) is 11.5 Å². The van der Waals surface area contributed by atoms with E-state index in [1.807, 2.05) is 36.4 Å². The van der Waals surface area contributed by atoms with Crippen molar-refractivity contribution in [3.63, 3.8) is 0 Å². The Hall–Kier alpha value is -3.85. The van der Waals surface area contributed by atoms with Crippen LogP contribution in [-0.4, -0.2) is 24.6 Å². The van der Waals surface area contributed by atoms with Gasteiger partial charge >= 0.3 is 6.18 Å². The summed E-state index contributed by atoms with van der Waals surface area (Å²) in [5.41, 5.74) is 0.974. The lowest BCUT2D eigenvalue weighted by Gasteiger charge is -2.12. The molecule has 5 nitrogen and oxygen atoms in total. The SMILES string of the molecule is COc1cc(C=Cc2nc3ccccc3s2)ccc1OCC(=O)Nc1cccc(C(F)(F)F)c1. The first kappa shape index (κ1) is 23.3. The van der Waals surface area contributed by atoms with E-state index < -0.39 is 24.3 Å². The smallest absolute Gasteiger partial charge is 0.416 e. The van der Waals surface area contributed by atoms with E-state index in [2.05, 4.69) is 10.3 Å². The van der Waals surface area contributed by atoms with Crippen molar-refractivity contribution in [2.45, 2.75) is 6.18 Å². The first-order chi connectivity index (χ1) is 16.3. The summed E-state index contributed by atoms with van der Waals surface area (Å²) in [6, 6.07) is 17.5. The molecule has 0 aliphatic rings. The highest BCUT2D eigenvalue weighted by atomic mass is 32.1. The maximum Gasteiger partial charge on any atom is 0.416 e. The number of alkyl halides is 3. The lowest BCUT2D eigenvalue weighted by Crippen LogP contribution is -2.20. The number of hydrogen-bond acceptors (Lipinski definition) is 5. The molecule has 1 N–H and O–H groups in total. The van der Waals surface area contributed by atoms with E-state index in [0.717, 1.165) is 32.9 Å². The third-order valence-corrected chi connectivity index (χ3v) is 5.75. The second-order valence-corrected chi connectivity index (χ2v) is 8.24. The lowest BCUT2D eigenvalue weighted by molar-refractivity contribution is -0.137. The van der Waals surface area contributed by atoms with Crippen LogP contribution in [0.15, 0.2) is 66.7 Å². The Bertz CT molecular complexity index is 1320. The first-order valence-corrected chi connectivity index (χ1v) is 10.9. The Morgan fingerprint density at radius 2 is 1.85 bits per heavy atom. The van der Waals surface area contributed by atoms with Crippen molar-refractivity contribution < 1.29 is 27.4 Å². The summed E-state index contributed by atoms with van der Waals surface area (Å²) in [6.45, 7) is -0.395. The molecule has 0 saturated carbocycles. The maximum atomic E-state index is 12.8. The fourth-order valence-corrected chi connectivity index (χ4v) is 4.02.